The van der Waals surface area contributed by atoms with E-state index in [0.29, 0.717) is 0 Å². The minimum atomic E-state index is -3.74. The van der Waals surface area contributed by atoms with Gasteiger partial charge in [0.15, 0.2) is 0 Å². The first-order chi connectivity index (χ1) is 14.0. The molecule has 0 spiro atoms. The Hall–Kier alpha value is -3.38. The molecule has 0 unspecified atom stereocenters. The van der Waals surface area contributed by atoms with Gasteiger partial charge < -0.3 is 4.57 Å². The quantitative estimate of drug-likeness (QED) is 0.392. The molecular weight excluding hydrogens is 382 g/mol. The average molecular weight is 404 g/mol. The zero-order chi connectivity index (χ0) is 20.4. The third-order valence-corrected chi connectivity index (χ3v) is 6.11. The van der Waals surface area contributed by atoms with Gasteiger partial charge in [-0.3, -0.25) is 0 Å². The second-order valence-corrected chi connectivity index (χ2v) is 8.52. The largest absolute Gasteiger partial charge is 0.318 e. The van der Waals surface area contributed by atoms with Gasteiger partial charge in [-0.2, -0.15) is 13.5 Å². The van der Waals surface area contributed by atoms with E-state index in [1.54, 1.807) is 24.4 Å². The maximum atomic E-state index is 12.6. The van der Waals surface area contributed by atoms with E-state index in [-0.39, 0.29) is 4.90 Å². The van der Waals surface area contributed by atoms with Gasteiger partial charge in [-0.05, 0) is 55.0 Å². The standard InChI is InChI=1S/C23H21N3O2S/c1-17-14-21(18(2)26(17)22-10-4-3-5-11-22)16-24-25-29(27,28)23-13-12-19-8-6-7-9-20(19)15-23/h3-16,25H,1-2H3. The van der Waals surface area contributed by atoms with Gasteiger partial charge in [-0.15, -0.1) is 0 Å². The molecule has 0 atom stereocenters. The minimum Gasteiger partial charge on any atom is -0.318 e. The molecule has 1 heterocycles. The molecule has 4 rings (SSSR count). The summed E-state index contributed by atoms with van der Waals surface area (Å²) in [6.07, 6.45) is 1.54. The van der Waals surface area contributed by atoms with Gasteiger partial charge >= 0.3 is 0 Å². The van der Waals surface area contributed by atoms with Crippen LogP contribution in [0.4, 0.5) is 0 Å². The number of benzene rings is 3. The lowest BCUT2D eigenvalue weighted by atomic mass is 10.1. The van der Waals surface area contributed by atoms with E-state index in [4.69, 9.17) is 0 Å². The first-order valence-corrected chi connectivity index (χ1v) is 10.7. The normalized spacial score (nSPS) is 11.9. The van der Waals surface area contributed by atoms with Crippen molar-refractivity contribution in [2.45, 2.75) is 18.7 Å². The van der Waals surface area contributed by atoms with Crippen molar-refractivity contribution in [1.29, 1.82) is 0 Å². The molecule has 0 fully saturated rings. The molecule has 6 heteroatoms. The van der Waals surface area contributed by atoms with Crippen LogP contribution in [0, 0.1) is 13.8 Å². The molecule has 0 saturated heterocycles. The second kappa shape index (κ2) is 7.56. The van der Waals surface area contributed by atoms with Gasteiger partial charge in [-0.1, -0.05) is 48.5 Å². The van der Waals surface area contributed by atoms with Crippen LogP contribution in [-0.4, -0.2) is 19.2 Å². The molecule has 0 aliphatic heterocycles. The topological polar surface area (TPSA) is 63.5 Å². The van der Waals surface area contributed by atoms with E-state index in [1.165, 1.54) is 0 Å². The highest BCUT2D eigenvalue weighted by atomic mass is 32.2. The highest BCUT2D eigenvalue weighted by Gasteiger charge is 2.14. The first kappa shape index (κ1) is 19.0. The van der Waals surface area contributed by atoms with Crippen molar-refractivity contribution in [3.8, 4) is 5.69 Å². The van der Waals surface area contributed by atoms with E-state index < -0.39 is 10.0 Å². The number of rotatable bonds is 5. The Morgan fingerprint density at radius 1 is 0.862 bits per heavy atom. The van der Waals surface area contributed by atoms with Gasteiger partial charge in [0.05, 0.1) is 11.1 Å². The zero-order valence-electron chi connectivity index (χ0n) is 16.2. The fourth-order valence-corrected chi connectivity index (χ4v) is 4.27. The van der Waals surface area contributed by atoms with Crippen LogP contribution in [0.5, 0.6) is 0 Å². The van der Waals surface area contributed by atoms with Crippen LogP contribution < -0.4 is 4.83 Å². The summed E-state index contributed by atoms with van der Waals surface area (Å²) in [4.78, 5) is 2.50. The molecule has 0 amide bonds. The summed E-state index contributed by atoms with van der Waals surface area (Å²) in [6.45, 7) is 4.00. The van der Waals surface area contributed by atoms with E-state index in [1.807, 2.05) is 74.5 Å². The molecule has 4 aromatic rings. The predicted octanol–water partition coefficient (Wildman–Crippen LogP) is 4.56. The number of nitrogens with one attached hydrogen (secondary N) is 1. The molecule has 3 aromatic carbocycles. The Morgan fingerprint density at radius 2 is 1.55 bits per heavy atom. The van der Waals surface area contributed by atoms with Gasteiger partial charge in [0, 0.05) is 22.6 Å². The van der Waals surface area contributed by atoms with Crippen molar-refractivity contribution in [3.05, 3.63) is 95.8 Å². The van der Waals surface area contributed by atoms with Gasteiger partial charge in [0.25, 0.3) is 10.0 Å². The summed E-state index contributed by atoms with van der Waals surface area (Å²) in [6, 6.07) is 24.6. The molecule has 5 nitrogen and oxygen atoms in total. The average Bonchev–Trinajstić information content (AvgIpc) is 3.01. The van der Waals surface area contributed by atoms with Crippen molar-refractivity contribution in [2.24, 2.45) is 5.10 Å². The number of hydrazone groups is 1. The maximum absolute atomic E-state index is 12.6. The van der Waals surface area contributed by atoms with Gasteiger partial charge in [0.2, 0.25) is 0 Å². The molecule has 1 N–H and O–H groups in total. The second-order valence-electron chi connectivity index (χ2n) is 6.86. The summed E-state index contributed by atoms with van der Waals surface area (Å²) in [5.41, 5.74) is 3.95. The van der Waals surface area contributed by atoms with Crippen molar-refractivity contribution in [1.82, 2.24) is 9.40 Å². The molecule has 1 aromatic heterocycles. The Labute approximate surface area is 170 Å². The van der Waals surface area contributed by atoms with E-state index in [9.17, 15) is 8.42 Å². The lowest BCUT2D eigenvalue weighted by molar-refractivity contribution is 0.585. The third-order valence-electron chi connectivity index (χ3n) is 4.89. The number of hydrogen-bond acceptors (Lipinski definition) is 3. The number of hydrogen-bond donors (Lipinski definition) is 1. The first-order valence-electron chi connectivity index (χ1n) is 9.24. The number of para-hydroxylation sites is 1. The van der Waals surface area contributed by atoms with Crippen molar-refractivity contribution < 1.29 is 8.42 Å². The minimum absolute atomic E-state index is 0.183. The molecule has 29 heavy (non-hydrogen) atoms. The van der Waals surface area contributed by atoms with Crippen LogP contribution in [0.1, 0.15) is 17.0 Å². The Kier molecular flexibility index (Phi) is 4.94. The van der Waals surface area contributed by atoms with Crippen LogP contribution >= 0.6 is 0 Å². The van der Waals surface area contributed by atoms with Crippen molar-refractivity contribution in [3.63, 3.8) is 0 Å². The Morgan fingerprint density at radius 3 is 2.31 bits per heavy atom. The molecule has 0 aliphatic carbocycles. The fourth-order valence-electron chi connectivity index (χ4n) is 3.45. The Balaban J connectivity index is 1.58. The monoisotopic (exact) mass is 403 g/mol. The maximum Gasteiger partial charge on any atom is 0.276 e. The molecular formula is C23H21N3O2S. The van der Waals surface area contributed by atoms with Gasteiger partial charge in [-0.25, -0.2) is 4.83 Å². The van der Waals surface area contributed by atoms with E-state index in [2.05, 4.69) is 14.5 Å². The number of aromatic nitrogens is 1. The summed E-state index contributed by atoms with van der Waals surface area (Å²) in [7, 11) is -3.74. The SMILES string of the molecule is Cc1cc(C=NNS(=O)(=O)c2ccc3ccccc3c2)c(C)n1-c1ccccc1. The highest BCUT2D eigenvalue weighted by molar-refractivity contribution is 7.89. The molecule has 0 aliphatic rings. The summed E-state index contributed by atoms with van der Waals surface area (Å²) < 4.78 is 27.3. The van der Waals surface area contributed by atoms with Crippen molar-refractivity contribution >= 4 is 27.0 Å². The molecule has 0 saturated carbocycles. The van der Waals surface area contributed by atoms with Crippen LogP contribution in [0.15, 0.2) is 88.9 Å². The summed E-state index contributed by atoms with van der Waals surface area (Å²) in [5, 5.41) is 5.86. The molecule has 146 valence electrons. The van der Waals surface area contributed by atoms with Crippen LogP contribution in [0.2, 0.25) is 0 Å². The summed E-state index contributed by atoms with van der Waals surface area (Å²) in [5.74, 6) is 0. The van der Waals surface area contributed by atoms with Crippen LogP contribution in [0.25, 0.3) is 16.5 Å². The third kappa shape index (κ3) is 3.79. The van der Waals surface area contributed by atoms with E-state index >= 15 is 0 Å². The van der Waals surface area contributed by atoms with Crippen molar-refractivity contribution in [2.75, 3.05) is 0 Å². The predicted molar refractivity (Wildman–Crippen MR) is 117 cm³/mol. The smallest absolute Gasteiger partial charge is 0.276 e. The lowest BCUT2D eigenvalue weighted by Gasteiger charge is -2.09. The van der Waals surface area contributed by atoms with E-state index in [0.717, 1.165) is 33.4 Å². The Bertz CT molecular complexity index is 1310. The van der Waals surface area contributed by atoms with Gasteiger partial charge in [0.1, 0.15) is 0 Å². The van der Waals surface area contributed by atoms with Crippen LogP contribution in [0.3, 0.4) is 0 Å². The van der Waals surface area contributed by atoms with Crippen LogP contribution in [-0.2, 0) is 10.0 Å². The summed E-state index contributed by atoms with van der Waals surface area (Å²) >= 11 is 0. The number of sulfonamides is 1. The molecule has 0 bridgehead atoms. The highest BCUT2D eigenvalue weighted by Crippen LogP contribution is 2.20. The number of aryl methyl sites for hydroxylation is 1. The molecule has 0 radical (unpaired) electrons. The number of nitrogens with zero attached hydrogens (tertiary/aromatic N) is 2. The fraction of sp³-hybridized carbons (Fsp3) is 0.0870. The lowest BCUT2D eigenvalue weighted by Crippen LogP contribution is -2.18. The number of fused-ring (bicyclic) bond motifs is 1. The zero-order valence-corrected chi connectivity index (χ0v) is 17.0.